The number of carbonyl (C=O) groups is 3. The van der Waals surface area contributed by atoms with Crippen LogP contribution in [-0.4, -0.2) is 36.5 Å². The molecule has 3 aromatic rings. The standard InChI is InChI=1S/C24H20O9/c1-11-8-16(26)32-23-19(11)22(29)20(12(2)25)24-21(23)14(9-17(27)33-24)13-6-4-5-7-15(13)31-10-18(28)30-3/h4-8,14,29H,9-10H2,1-3H3/t14-/m0/s1. The first-order chi connectivity index (χ1) is 15.7. The fourth-order valence-corrected chi connectivity index (χ4v) is 4.10. The quantitative estimate of drug-likeness (QED) is 0.269. The van der Waals surface area contributed by atoms with Gasteiger partial charge in [-0.1, -0.05) is 18.2 Å². The van der Waals surface area contributed by atoms with Crippen LogP contribution >= 0.6 is 0 Å². The predicted octanol–water partition coefficient (Wildman–Crippen LogP) is 3.00. The molecule has 4 rings (SSSR count). The summed E-state index contributed by atoms with van der Waals surface area (Å²) >= 11 is 0. The second-order valence-corrected chi connectivity index (χ2v) is 7.61. The number of aryl methyl sites for hydroxylation is 1. The van der Waals surface area contributed by atoms with Crippen molar-refractivity contribution in [2.75, 3.05) is 13.7 Å². The van der Waals surface area contributed by atoms with Crippen LogP contribution in [0.15, 0.2) is 39.5 Å². The molecule has 2 heterocycles. The third-order valence-electron chi connectivity index (χ3n) is 5.50. The van der Waals surface area contributed by atoms with E-state index in [1.807, 2.05) is 0 Å². The lowest BCUT2D eigenvalue weighted by Gasteiger charge is -2.28. The van der Waals surface area contributed by atoms with E-state index >= 15 is 0 Å². The van der Waals surface area contributed by atoms with Gasteiger partial charge in [0.25, 0.3) is 0 Å². The fraction of sp³-hybridized carbons (Fsp3) is 0.250. The van der Waals surface area contributed by atoms with Crippen LogP contribution in [0.1, 0.15) is 46.3 Å². The summed E-state index contributed by atoms with van der Waals surface area (Å²) in [5.41, 5.74) is 0.337. The highest BCUT2D eigenvalue weighted by Gasteiger charge is 2.38. The molecule has 0 saturated carbocycles. The van der Waals surface area contributed by atoms with Crippen LogP contribution in [-0.2, 0) is 14.3 Å². The van der Waals surface area contributed by atoms with E-state index in [1.54, 1.807) is 31.2 Å². The van der Waals surface area contributed by atoms with Gasteiger partial charge in [0.2, 0.25) is 0 Å². The second-order valence-electron chi connectivity index (χ2n) is 7.61. The van der Waals surface area contributed by atoms with Crippen molar-refractivity contribution >= 4 is 28.7 Å². The minimum absolute atomic E-state index is 0.0118. The normalized spacial score (nSPS) is 15.0. The van der Waals surface area contributed by atoms with Gasteiger partial charge in [-0.15, -0.1) is 0 Å². The molecule has 0 bridgehead atoms. The monoisotopic (exact) mass is 452 g/mol. The number of aromatic hydroxyl groups is 1. The number of fused-ring (bicyclic) bond motifs is 3. The maximum Gasteiger partial charge on any atom is 0.343 e. The van der Waals surface area contributed by atoms with Gasteiger partial charge in [-0.2, -0.15) is 0 Å². The summed E-state index contributed by atoms with van der Waals surface area (Å²) in [5.74, 6) is -2.81. The highest BCUT2D eigenvalue weighted by Crippen LogP contribution is 2.50. The summed E-state index contributed by atoms with van der Waals surface area (Å²) in [6, 6.07) is 7.93. The van der Waals surface area contributed by atoms with Crippen LogP contribution in [0.3, 0.4) is 0 Å². The number of rotatable bonds is 5. The van der Waals surface area contributed by atoms with Crippen molar-refractivity contribution in [1.29, 1.82) is 0 Å². The van der Waals surface area contributed by atoms with Crippen molar-refractivity contribution in [2.45, 2.75) is 26.2 Å². The van der Waals surface area contributed by atoms with E-state index in [9.17, 15) is 24.3 Å². The highest BCUT2D eigenvalue weighted by molar-refractivity contribution is 6.09. The molecule has 0 aliphatic carbocycles. The SMILES string of the molecule is COC(=O)COc1ccccc1[C@@H]1CC(=O)Oc2c(C(C)=O)c(O)c3c(C)cc(=O)oc3c21. The Hall–Kier alpha value is -4.14. The summed E-state index contributed by atoms with van der Waals surface area (Å²) in [5, 5.41) is 11.0. The van der Waals surface area contributed by atoms with E-state index in [4.69, 9.17) is 13.9 Å². The number of phenols is 1. The largest absolute Gasteiger partial charge is 0.506 e. The smallest absolute Gasteiger partial charge is 0.343 e. The Morgan fingerprint density at radius 3 is 2.64 bits per heavy atom. The molecule has 9 nitrogen and oxygen atoms in total. The average molecular weight is 452 g/mol. The summed E-state index contributed by atoms with van der Waals surface area (Å²) in [4.78, 5) is 48.8. The summed E-state index contributed by atoms with van der Waals surface area (Å²) in [6.07, 6.45) is -0.152. The molecule has 1 aliphatic rings. The van der Waals surface area contributed by atoms with Crippen molar-refractivity contribution in [3.63, 3.8) is 0 Å². The molecule has 1 N–H and O–H groups in total. The lowest BCUT2D eigenvalue weighted by atomic mass is 9.82. The van der Waals surface area contributed by atoms with Gasteiger partial charge in [-0.25, -0.2) is 9.59 Å². The van der Waals surface area contributed by atoms with Gasteiger partial charge in [0.05, 0.1) is 18.9 Å². The van der Waals surface area contributed by atoms with Crippen LogP contribution in [0.4, 0.5) is 0 Å². The molecule has 1 atom stereocenters. The third kappa shape index (κ3) is 3.82. The average Bonchev–Trinajstić information content (AvgIpc) is 2.76. The van der Waals surface area contributed by atoms with Crippen LogP contribution in [0.25, 0.3) is 11.0 Å². The van der Waals surface area contributed by atoms with E-state index in [1.165, 1.54) is 20.1 Å². The van der Waals surface area contributed by atoms with Crippen LogP contribution in [0.2, 0.25) is 0 Å². The first-order valence-corrected chi connectivity index (χ1v) is 10.1. The molecule has 0 amide bonds. The van der Waals surface area contributed by atoms with Gasteiger partial charge < -0.3 is 23.7 Å². The number of ketones is 1. The zero-order chi connectivity index (χ0) is 23.9. The van der Waals surface area contributed by atoms with Crippen LogP contribution in [0.5, 0.6) is 17.2 Å². The minimum atomic E-state index is -0.749. The first kappa shape index (κ1) is 22.1. The number of Topliss-reactive ketones (excluding diaryl/α,β-unsaturated/α-hetero) is 1. The minimum Gasteiger partial charge on any atom is -0.506 e. The zero-order valence-corrected chi connectivity index (χ0v) is 18.1. The van der Waals surface area contributed by atoms with E-state index in [2.05, 4.69) is 4.74 Å². The summed E-state index contributed by atoms with van der Waals surface area (Å²) in [6.45, 7) is 2.48. The number of phenolic OH excluding ortho intramolecular Hbond substituents is 1. The topological polar surface area (TPSA) is 129 Å². The van der Waals surface area contributed by atoms with Gasteiger partial charge >= 0.3 is 17.6 Å². The van der Waals surface area contributed by atoms with E-state index in [0.29, 0.717) is 16.9 Å². The number of esters is 2. The number of methoxy groups -OCH3 is 1. The van der Waals surface area contributed by atoms with Crippen molar-refractivity contribution < 1.29 is 38.1 Å². The molecule has 0 saturated heterocycles. The molecule has 9 heteroatoms. The molecule has 0 radical (unpaired) electrons. The maximum absolute atomic E-state index is 12.6. The lowest BCUT2D eigenvalue weighted by molar-refractivity contribution is -0.143. The van der Waals surface area contributed by atoms with Crippen molar-refractivity contribution in [1.82, 2.24) is 0 Å². The Bertz CT molecular complexity index is 1370. The number of ether oxygens (including phenoxy) is 3. The predicted molar refractivity (Wildman–Crippen MR) is 115 cm³/mol. The van der Waals surface area contributed by atoms with E-state index in [-0.39, 0.29) is 40.9 Å². The van der Waals surface area contributed by atoms with E-state index in [0.717, 1.165) is 0 Å². The van der Waals surface area contributed by atoms with Crippen molar-refractivity contribution in [3.05, 3.63) is 63.0 Å². The number of benzene rings is 2. The molecule has 0 unspecified atom stereocenters. The van der Waals surface area contributed by atoms with Gasteiger partial charge in [-0.05, 0) is 25.5 Å². The van der Waals surface area contributed by atoms with Crippen LogP contribution < -0.4 is 15.1 Å². The van der Waals surface area contributed by atoms with E-state index < -0.39 is 35.0 Å². The van der Waals surface area contributed by atoms with Crippen molar-refractivity contribution in [3.8, 4) is 17.2 Å². The van der Waals surface area contributed by atoms with Crippen molar-refractivity contribution in [2.24, 2.45) is 0 Å². The fourth-order valence-electron chi connectivity index (χ4n) is 4.10. The van der Waals surface area contributed by atoms with Crippen LogP contribution in [0, 0.1) is 6.92 Å². The number of para-hydroxylation sites is 1. The van der Waals surface area contributed by atoms with Gasteiger partial charge in [0.1, 0.15) is 22.6 Å². The molecule has 0 fully saturated rings. The van der Waals surface area contributed by atoms with Gasteiger partial charge in [-0.3, -0.25) is 9.59 Å². The Morgan fingerprint density at radius 1 is 1.21 bits per heavy atom. The number of hydrogen-bond donors (Lipinski definition) is 1. The number of carbonyl (C=O) groups excluding carboxylic acids is 3. The molecule has 1 aromatic heterocycles. The Labute approximate surface area is 187 Å². The molecule has 33 heavy (non-hydrogen) atoms. The molecular formula is C24H20O9. The first-order valence-electron chi connectivity index (χ1n) is 10.1. The van der Waals surface area contributed by atoms with Gasteiger partial charge in [0, 0.05) is 23.1 Å². The molecular weight excluding hydrogens is 432 g/mol. The number of hydrogen-bond acceptors (Lipinski definition) is 9. The maximum atomic E-state index is 12.6. The Morgan fingerprint density at radius 2 is 1.94 bits per heavy atom. The summed E-state index contributed by atoms with van der Waals surface area (Å²) < 4.78 is 21.1. The molecule has 2 aromatic carbocycles. The molecule has 170 valence electrons. The van der Waals surface area contributed by atoms with Gasteiger partial charge in [0.15, 0.2) is 18.1 Å². The molecule has 1 aliphatic heterocycles. The lowest BCUT2D eigenvalue weighted by Crippen LogP contribution is -2.24. The highest BCUT2D eigenvalue weighted by atomic mass is 16.6. The summed E-state index contributed by atoms with van der Waals surface area (Å²) in [7, 11) is 1.23. The Balaban J connectivity index is 2.04. The third-order valence-corrected chi connectivity index (χ3v) is 5.50. The molecule has 0 spiro atoms. The Kier molecular flexibility index (Phi) is 5.63. The zero-order valence-electron chi connectivity index (χ0n) is 18.1. The second kappa shape index (κ2) is 8.42.